The van der Waals surface area contributed by atoms with Gasteiger partial charge in [-0.25, -0.2) is 12.7 Å². The van der Waals surface area contributed by atoms with Crippen molar-refractivity contribution in [2.24, 2.45) is 13.0 Å². The highest BCUT2D eigenvalue weighted by atomic mass is 32.2. The third kappa shape index (κ3) is 3.49. The zero-order chi connectivity index (χ0) is 17.5. The van der Waals surface area contributed by atoms with Gasteiger partial charge in [-0.05, 0) is 23.1 Å². The maximum absolute atomic E-state index is 12.0. The van der Waals surface area contributed by atoms with Crippen molar-refractivity contribution in [2.45, 2.75) is 12.6 Å². The van der Waals surface area contributed by atoms with E-state index < -0.39 is 16.1 Å². The first-order valence-corrected chi connectivity index (χ1v) is 9.72. The van der Waals surface area contributed by atoms with Gasteiger partial charge in [0, 0.05) is 58.4 Å². The van der Waals surface area contributed by atoms with Crippen LogP contribution in [-0.4, -0.2) is 66.3 Å². The van der Waals surface area contributed by atoms with Gasteiger partial charge in [-0.3, -0.25) is 4.90 Å². The SMILES string of the molecule is CN(C)S(=O)(=O)C[C@@H]1CN(Cc2ccc3ccn(C)c3c2)C[C@H]1O. The van der Waals surface area contributed by atoms with Gasteiger partial charge in [0.25, 0.3) is 0 Å². The van der Waals surface area contributed by atoms with Gasteiger partial charge in [0.2, 0.25) is 10.0 Å². The molecule has 2 atom stereocenters. The fraction of sp³-hybridized carbons (Fsp3) is 0.529. The number of aromatic nitrogens is 1. The average molecular weight is 351 g/mol. The van der Waals surface area contributed by atoms with E-state index in [0.717, 1.165) is 6.54 Å². The second kappa shape index (κ2) is 6.48. The lowest BCUT2D eigenvalue weighted by Crippen LogP contribution is -2.33. The molecule has 132 valence electrons. The summed E-state index contributed by atoms with van der Waals surface area (Å²) in [4.78, 5) is 2.13. The zero-order valence-corrected chi connectivity index (χ0v) is 15.2. The Balaban J connectivity index is 1.69. The predicted octanol–water partition coefficient (Wildman–Crippen LogP) is 0.862. The summed E-state index contributed by atoms with van der Waals surface area (Å²) in [6.45, 7) is 1.83. The van der Waals surface area contributed by atoms with Crippen LogP contribution in [0.4, 0.5) is 0 Å². The van der Waals surface area contributed by atoms with E-state index in [2.05, 4.69) is 33.7 Å². The fourth-order valence-electron chi connectivity index (χ4n) is 3.32. The molecule has 1 N–H and O–H groups in total. The van der Waals surface area contributed by atoms with E-state index >= 15 is 0 Å². The fourth-order valence-corrected chi connectivity index (χ4v) is 4.49. The van der Waals surface area contributed by atoms with Crippen molar-refractivity contribution in [2.75, 3.05) is 32.9 Å². The normalized spacial score (nSPS) is 22.7. The van der Waals surface area contributed by atoms with Crippen LogP contribution in [0.2, 0.25) is 0 Å². The summed E-state index contributed by atoms with van der Waals surface area (Å²) < 4.78 is 27.4. The molecule has 6 nitrogen and oxygen atoms in total. The maximum atomic E-state index is 12.0. The number of hydrogen-bond acceptors (Lipinski definition) is 4. The summed E-state index contributed by atoms with van der Waals surface area (Å²) in [5.41, 5.74) is 2.35. The van der Waals surface area contributed by atoms with Crippen molar-refractivity contribution < 1.29 is 13.5 Å². The Morgan fingerprint density at radius 2 is 2.00 bits per heavy atom. The molecule has 2 aromatic rings. The maximum Gasteiger partial charge on any atom is 0.214 e. The van der Waals surface area contributed by atoms with E-state index in [1.165, 1.54) is 34.9 Å². The van der Waals surface area contributed by atoms with Crippen LogP contribution in [0.5, 0.6) is 0 Å². The van der Waals surface area contributed by atoms with Crippen molar-refractivity contribution in [3.8, 4) is 0 Å². The third-order valence-corrected chi connectivity index (χ3v) is 6.78. The number of aryl methyl sites for hydroxylation is 1. The molecule has 0 aliphatic carbocycles. The zero-order valence-electron chi connectivity index (χ0n) is 14.4. The highest BCUT2D eigenvalue weighted by molar-refractivity contribution is 7.89. The molecule has 0 spiro atoms. The van der Waals surface area contributed by atoms with Crippen molar-refractivity contribution in [1.29, 1.82) is 0 Å². The van der Waals surface area contributed by atoms with Crippen LogP contribution in [0.15, 0.2) is 30.5 Å². The first kappa shape index (κ1) is 17.4. The smallest absolute Gasteiger partial charge is 0.214 e. The minimum Gasteiger partial charge on any atom is -0.391 e. The summed E-state index contributed by atoms with van der Waals surface area (Å²) in [6, 6.07) is 8.44. The Labute approximate surface area is 143 Å². The Bertz CT molecular complexity index is 829. The van der Waals surface area contributed by atoms with Gasteiger partial charge in [-0.1, -0.05) is 12.1 Å². The van der Waals surface area contributed by atoms with E-state index in [1.54, 1.807) is 0 Å². The van der Waals surface area contributed by atoms with Crippen molar-refractivity contribution in [1.82, 2.24) is 13.8 Å². The molecular formula is C17H25N3O3S. The number of hydrogen-bond donors (Lipinski definition) is 1. The number of fused-ring (bicyclic) bond motifs is 1. The van der Waals surface area contributed by atoms with E-state index in [9.17, 15) is 13.5 Å². The minimum atomic E-state index is -3.29. The standard InChI is InChI=1S/C17H25N3O3S/c1-18(2)24(22,23)12-15-10-20(11-17(15)21)9-13-4-5-14-6-7-19(3)16(14)8-13/h4-8,15,17,21H,9-12H2,1-3H3/t15-,17+/m0/s1. The second-order valence-electron chi connectivity index (χ2n) is 6.90. The Morgan fingerprint density at radius 1 is 1.25 bits per heavy atom. The van der Waals surface area contributed by atoms with E-state index in [0.29, 0.717) is 13.1 Å². The summed E-state index contributed by atoms with van der Waals surface area (Å²) >= 11 is 0. The van der Waals surface area contributed by atoms with Crippen LogP contribution in [0, 0.1) is 5.92 Å². The molecule has 1 aromatic carbocycles. The summed E-state index contributed by atoms with van der Waals surface area (Å²) in [6.07, 6.45) is 1.44. The summed E-state index contributed by atoms with van der Waals surface area (Å²) in [7, 11) is 1.79. The molecular weight excluding hydrogens is 326 g/mol. The first-order chi connectivity index (χ1) is 11.3. The van der Waals surface area contributed by atoms with Crippen LogP contribution in [0.3, 0.4) is 0 Å². The van der Waals surface area contributed by atoms with Gasteiger partial charge in [0.15, 0.2) is 0 Å². The van der Waals surface area contributed by atoms with Gasteiger partial charge < -0.3 is 9.67 Å². The molecule has 0 saturated carbocycles. The molecule has 1 aromatic heterocycles. The first-order valence-electron chi connectivity index (χ1n) is 8.11. The molecule has 24 heavy (non-hydrogen) atoms. The molecule has 2 heterocycles. The number of likely N-dealkylation sites (tertiary alicyclic amines) is 1. The lowest BCUT2D eigenvalue weighted by Gasteiger charge is -2.18. The van der Waals surface area contributed by atoms with Gasteiger partial charge in [0.05, 0.1) is 11.9 Å². The van der Waals surface area contributed by atoms with Crippen LogP contribution in [0.25, 0.3) is 10.9 Å². The van der Waals surface area contributed by atoms with E-state index in [1.807, 2.05) is 13.2 Å². The highest BCUT2D eigenvalue weighted by Gasteiger charge is 2.35. The van der Waals surface area contributed by atoms with Gasteiger partial charge in [-0.2, -0.15) is 0 Å². The summed E-state index contributed by atoms with van der Waals surface area (Å²) in [5, 5.41) is 11.4. The molecule has 1 fully saturated rings. The van der Waals surface area contributed by atoms with Crippen LogP contribution < -0.4 is 0 Å². The van der Waals surface area contributed by atoms with Gasteiger partial charge in [-0.15, -0.1) is 0 Å². The quantitative estimate of drug-likeness (QED) is 0.868. The molecule has 1 aliphatic heterocycles. The largest absolute Gasteiger partial charge is 0.391 e. The molecule has 1 aliphatic rings. The number of benzene rings is 1. The number of rotatable bonds is 5. The Hall–Kier alpha value is -1.41. The molecule has 1 saturated heterocycles. The molecule has 0 radical (unpaired) electrons. The number of sulfonamides is 1. The van der Waals surface area contributed by atoms with E-state index in [-0.39, 0.29) is 11.7 Å². The van der Waals surface area contributed by atoms with Crippen LogP contribution in [0.1, 0.15) is 5.56 Å². The van der Waals surface area contributed by atoms with Crippen molar-refractivity contribution >= 4 is 20.9 Å². The summed E-state index contributed by atoms with van der Waals surface area (Å²) in [5.74, 6) is -0.245. The topological polar surface area (TPSA) is 65.8 Å². The number of aliphatic hydroxyl groups is 1. The number of aliphatic hydroxyl groups excluding tert-OH is 1. The Kier molecular flexibility index (Phi) is 4.70. The molecule has 0 amide bonds. The Morgan fingerprint density at radius 3 is 2.71 bits per heavy atom. The molecule has 7 heteroatoms. The molecule has 3 rings (SSSR count). The third-order valence-electron chi connectivity index (χ3n) is 4.82. The predicted molar refractivity (Wildman–Crippen MR) is 95.2 cm³/mol. The number of nitrogens with zero attached hydrogens (tertiary/aromatic N) is 3. The van der Waals surface area contributed by atoms with E-state index in [4.69, 9.17) is 0 Å². The monoisotopic (exact) mass is 351 g/mol. The lowest BCUT2D eigenvalue weighted by atomic mass is 10.1. The minimum absolute atomic E-state index is 0.00544. The van der Waals surface area contributed by atoms with Crippen molar-refractivity contribution in [3.05, 3.63) is 36.0 Å². The van der Waals surface area contributed by atoms with Gasteiger partial charge in [0.1, 0.15) is 0 Å². The van der Waals surface area contributed by atoms with Crippen LogP contribution in [-0.2, 0) is 23.6 Å². The molecule has 0 bridgehead atoms. The van der Waals surface area contributed by atoms with Gasteiger partial charge >= 0.3 is 0 Å². The average Bonchev–Trinajstić information content (AvgIpc) is 3.02. The van der Waals surface area contributed by atoms with Crippen LogP contribution >= 0.6 is 0 Å². The second-order valence-corrected chi connectivity index (χ2v) is 9.13. The number of β-amino-alcohol motifs (C(OH)–C–C–N with tert-alkyl or cyclic N) is 1. The lowest BCUT2D eigenvalue weighted by molar-refractivity contribution is 0.148. The molecule has 0 unspecified atom stereocenters. The van der Waals surface area contributed by atoms with Crippen molar-refractivity contribution in [3.63, 3.8) is 0 Å². The highest BCUT2D eigenvalue weighted by Crippen LogP contribution is 2.23.